The zero-order valence-electron chi connectivity index (χ0n) is 23.7. The highest BCUT2D eigenvalue weighted by Crippen LogP contribution is 2.48. The first-order valence-corrected chi connectivity index (χ1v) is 14.7. The van der Waals surface area contributed by atoms with Crippen molar-refractivity contribution in [2.24, 2.45) is 5.92 Å². The number of hydrogen-bond acceptors (Lipinski definition) is 5. The van der Waals surface area contributed by atoms with Gasteiger partial charge in [-0.25, -0.2) is 14.4 Å². The van der Waals surface area contributed by atoms with Crippen LogP contribution in [0.15, 0.2) is 85.6 Å². The summed E-state index contributed by atoms with van der Waals surface area (Å²) in [5.74, 6) is -1.14. The second-order valence-corrected chi connectivity index (χ2v) is 11.7. The fraction of sp³-hybridized carbons (Fsp3) is 0.206. The monoisotopic (exact) mass is 607 g/mol. The third kappa shape index (κ3) is 4.93. The lowest BCUT2D eigenvalue weighted by Gasteiger charge is -2.27. The first kappa shape index (κ1) is 27.9. The molecule has 1 aliphatic heterocycles. The Labute approximate surface area is 257 Å². The molecule has 1 saturated carbocycles. The number of rotatable bonds is 7. The highest BCUT2D eigenvalue weighted by Gasteiger charge is 2.56. The van der Waals surface area contributed by atoms with Crippen LogP contribution in [0, 0.1) is 11.7 Å². The van der Waals surface area contributed by atoms with E-state index in [4.69, 9.17) is 11.6 Å². The van der Waals surface area contributed by atoms with Gasteiger partial charge in [-0.2, -0.15) is 0 Å². The Morgan fingerprint density at radius 2 is 1.75 bits per heavy atom. The molecule has 1 saturated heterocycles. The van der Waals surface area contributed by atoms with E-state index in [0.717, 1.165) is 28.5 Å². The molecule has 1 aliphatic carbocycles. The van der Waals surface area contributed by atoms with Gasteiger partial charge in [0.2, 0.25) is 11.8 Å². The summed E-state index contributed by atoms with van der Waals surface area (Å²) in [7, 11) is 0. The van der Waals surface area contributed by atoms with Crippen molar-refractivity contribution in [2.45, 2.75) is 38.4 Å². The van der Waals surface area contributed by atoms with Crippen LogP contribution < -0.4 is 5.32 Å². The molecule has 2 aliphatic rings. The average Bonchev–Trinajstić information content (AvgIpc) is 3.53. The number of nitrogens with zero attached hydrogens (tertiary/aromatic N) is 4. The van der Waals surface area contributed by atoms with Gasteiger partial charge in [-0.05, 0) is 55.5 Å². The van der Waals surface area contributed by atoms with E-state index >= 15 is 4.39 Å². The number of nitrogens with one attached hydrogen (secondary N) is 1. The second-order valence-electron chi connectivity index (χ2n) is 11.3. The fourth-order valence-electron chi connectivity index (χ4n) is 6.35. The third-order valence-electron chi connectivity index (χ3n) is 8.58. The number of likely N-dealkylation sites (tertiary alicyclic amines) is 1. The topological polar surface area (TPSA) is 97.2 Å². The number of fused-ring (bicyclic) bond motifs is 2. The van der Waals surface area contributed by atoms with Crippen molar-refractivity contribution in [3.63, 3.8) is 0 Å². The van der Waals surface area contributed by atoms with E-state index in [9.17, 15) is 14.4 Å². The van der Waals surface area contributed by atoms with Gasteiger partial charge in [0.05, 0.1) is 5.69 Å². The van der Waals surface area contributed by atoms with Crippen molar-refractivity contribution in [3.8, 4) is 22.3 Å². The highest BCUT2D eigenvalue weighted by atomic mass is 35.5. The van der Waals surface area contributed by atoms with Crippen LogP contribution >= 0.6 is 11.6 Å². The van der Waals surface area contributed by atoms with Gasteiger partial charge < -0.3 is 14.8 Å². The molecule has 220 valence electrons. The van der Waals surface area contributed by atoms with E-state index in [-0.39, 0.29) is 41.4 Å². The molecular formula is C34H27ClFN5O3. The molecule has 2 amide bonds. The highest BCUT2D eigenvalue weighted by molar-refractivity contribution is 6.33. The number of piperidine rings is 1. The fourth-order valence-corrected chi connectivity index (χ4v) is 6.58. The van der Waals surface area contributed by atoms with Crippen LogP contribution in [0.4, 0.5) is 10.1 Å². The lowest BCUT2D eigenvalue weighted by atomic mass is 10.0. The van der Waals surface area contributed by atoms with Gasteiger partial charge in [0, 0.05) is 62.8 Å². The van der Waals surface area contributed by atoms with E-state index < -0.39 is 17.8 Å². The van der Waals surface area contributed by atoms with Gasteiger partial charge in [0.15, 0.2) is 11.6 Å². The standard InChI is InChI=1S/C34H27ClFN5O3/c1-19(42)26-16-40(29-10-9-20(11-25(26)29)22-14-37-18-38-15-22)17-32(43)41-30-12-21(30)13-31(41)34(44)39-28-8-4-6-24(33(28)36)23-5-2-3-7-27(23)35/h2-11,14-16,18,21,30-31H,12-13,17H2,1H3,(H,39,44)/t21-,30-,31?/m1/s1. The Morgan fingerprint density at radius 3 is 2.52 bits per heavy atom. The quantitative estimate of drug-likeness (QED) is 0.216. The van der Waals surface area contributed by atoms with Crippen molar-refractivity contribution in [1.82, 2.24) is 19.4 Å². The molecule has 5 aromatic rings. The van der Waals surface area contributed by atoms with Gasteiger partial charge in [-0.1, -0.05) is 48.0 Å². The van der Waals surface area contributed by atoms with Crippen LogP contribution in [-0.2, 0) is 16.1 Å². The van der Waals surface area contributed by atoms with E-state index in [2.05, 4.69) is 15.3 Å². The normalized spacial score (nSPS) is 18.7. The van der Waals surface area contributed by atoms with Crippen molar-refractivity contribution < 1.29 is 18.8 Å². The molecule has 2 aromatic heterocycles. The number of carbonyl (C=O) groups excluding carboxylic acids is 3. The summed E-state index contributed by atoms with van der Waals surface area (Å²) in [5, 5.41) is 3.85. The molecule has 0 spiro atoms. The van der Waals surface area contributed by atoms with E-state index in [1.165, 1.54) is 19.3 Å². The van der Waals surface area contributed by atoms with E-state index in [0.29, 0.717) is 22.6 Å². The number of Topliss-reactive ketones (excluding diaryl/α,β-unsaturated/α-hetero) is 1. The molecule has 10 heteroatoms. The van der Waals surface area contributed by atoms with Crippen LogP contribution in [-0.4, -0.2) is 49.1 Å². The van der Waals surface area contributed by atoms with Crippen LogP contribution in [0.3, 0.4) is 0 Å². The minimum absolute atomic E-state index is 0.0301. The predicted molar refractivity (Wildman–Crippen MR) is 166 cm³/mol. The number of benzene rings is 3. The molecule has 0 radical (unpaired) electrons. The summed E-state index contributed by atoms with van der Waals surface area (Å²) in [4.78, 5) is 49.7. The van der Waals surface area contributed by atoms with Crippen molar-refractivity contribution in [3.05, 3.63) is 102 Å². The number of anilines is 1. The molecule has 0 bridgehead atoms. The minimum Gasteiger partial charge on any atom is -0.337 e. The number of ketones is 1. The summed E-state index contributed by atoms with van der Waals surface area (Å²) in [6.07, 6.45) is 7.90. The first-order valence-electron chi connectivity index (χ1n) is 14.3. The molecule has 3 atom stereocenters. The van der Waals surface area contributed by atoms with Crippen molar-refractivity contribution in [2.75, 3.05) is 5.32 Å². The Bertz CT molecular complexity index is 1960. The average molecular weight is 608 g/mol. The number of carbonyl (C=O) groups is 3. The van der Waals surface area contributed by atoms with E-state index in [1.807, 2.05) is 18.2 Å². The maximum absolute atomic E-state index is 15.6. The van der Waals surface area contributed by atoms with E-state index in [1.54, 1.807) is 64.5 Å². The van der Waals surface area contributed by atoms with Gasteiger partial charge in [-0.15, -0.1) is 0 Å². The van der Waals surface area contributed by atoms with Crippen LogP contribution in [0.25, 0.3) is 33.2 Å². The van der Waals surface area contributed by atoms with Crippen LogP contribution in [0.2, 0.25) is 5.02 Å². The largest absolute Gasteiger partial charge is 0.337 e. The molecule has 3 heterocycles. The SMILES string of the molecule is CC(=O)c1cn(CC(=O)N2C(C(=O)Nc3cccc(-c4ccccc4Cl)c3F)C[C@H]3C[C@H]32)c2ccc(-c3cncnc3)cc12. The smallest absolute Gasteiger partial charge is 0.247 e. The van der Waals surface area contributed by atoms with Crippen molar-refractivity contribution >= 4 is 45.8 Å². The summed E-state index contributed by atoms with van der Waals surface area (Å²) in [6.45, 7) is 1.45. The zero-order valence-corrected chi connectivity index (χ0v) is 24.5. The number of hydrogen-bond donors (Lipinski definition) is 1. The van der Waals surface area contributed by atoms with Gasteiger partial charge in [0.25, 0.3) is 0 Å². The molecule has 3 aromatic carbocycles. The molecule has 7 rings (SSSR count). The molecule has 8 nitrogen and oxygen atoms in total. The van der Waals surface area contributed by atoms with Gasteiger partial charge >= 0.3 is 0 Å². The number of amides is 2. The number of aromatic nitrogens is 3. The second kappa shape index (κ2) is 11.0. The maximum Gasteiger partial charge on any atom is 0.247 e. The molecule has 1 N–H and O–H groups in total. The van der Waals surface area contributed by atoms with Crippen molar-refractivity contribution in [1.29, 1.82) is 0 Å². The lowest BCUT2D eigenvalue weighted by molar-refractivity contribution is -0.138. The van der Waals surface area contributed by atoms with Crippen LogP contribution in [0.1, 0.15) is 30.1 Å². The Balaban J connectivity index is 1.14. The lowest BCUT2D eigenvalue weighted by Crippen LogP contribution is -2.46. The maximum atomic E-state index is 15.6. The molecular weight excluding hydrogens is 581 g/mol. The van der Waals surface area contributed by atoms with Gasteiger partial charge in [-0.3, -0.25) is 14.4 Å². The van der Waals surface area contributed by atoms with Gasteiger partial charge in [0.1, 0.15) is 18.9 Å². The molecule has 44 heavy (non-hydrogen) atoms. The zero-order chi connectivity index (χ0) is 30.5. The summed E-state index contributed by atoms with van der Waals surface area (Å²) >= 11 is 6.30. The Kier molecular flexibility index (Phi) is 6.97. The Morgan fingerprint density at radius 1 is 0.977 bits per heavy atom. The third-order valence-corrected chi connectivity index (χ3v) is 8.91. The predicted octanol–water partition coefficient (Wildman–Crippen LogP) is 6.39. The Hall–Kier alpha value is -4.89. The van der Waals surface area contributed by atoms with Crippen LogP contribution in [0.5, 0.6) is 0 Å². The number of halogens is 2. The summed E-state index contributed by atoms with van der Waals surface area (Å²) < 4.78 is 17.3. The first-order chi connectivity index (χ1) is 21.3. The summed E-state index contributed by atoms with van der Waals surface area (Å²) in [5.41, 5.74) is 3.73. The molecule has 2 fully saturated rings. The molecule has 1 unspecified atom stereocenters. The minimum atomic E-state index is -0.728. The summed E-state index contributed by atoms with van der Waals surface area (Å²) in [6, 6.07) is 16.6.